The summed E-state index contributed by atoms with van der Waals surface area (Å²) < 4.78 is 7.48. The van der Waals surface area contributed by atoms with Crippen molar-refractivity contribution in [3.63, 3.8) is 0 Å². The summed E-state index contributed by atoms with van der Waals surface area (Å²) in [6.45, 7) is 0. The lowest BCUT2D eigenvalue weighted by atomic mass is 9.99. The van der Waals surface area contributed by atoms with Crippen LogP contribution in [0.5, 0.6) is 0 Å². The van der Waals surface area contributed by atoms with Gasteiger partial charge in [-0.15, -0.1) is 22.7 Å². The fraction of sp³-hybridized carbons (Fsp3) is 0. The summed E-state index contributed by atoms with van der Waals surface area (Å²) in [6.07, 6.45) is 0. The van der Waals surface area contributed by atoms with Crippen molar-refractivity contribution in [3.05, 3.63) is 182 Å². The van der Waals surface area contributed by atoms with Gasteiger partial charge in [-0.1, -0.05) is 146 Å². The predicted molar refractivity (Wildman–Crippen MR) is 242 cm³/mol. The molecule has 0 amide bonds. The van der Waals surface area contributed by atoms with Gasteiger partial charge in [0.2, 0.25) is 0 Å². The molecule has 0 aliphatic heterocycles. The van der Waals surface area contributed by atoms with Crippen LogP contribution < -0.4 is 0 Å². The van der Waals surface area contributed by atoms with Crippen LogP contribution in [0.4, 0.5) is 0 Å². The summed E-state index contributed by atoms with van der Waals surface area (Å²) in [5.41, 5.74) is 9.05. The molecule has 266 valence electrons. The molecule has 4 heterocycles. The quantitative estimate of drug-likeness (QED) is 0.175. The van der Waals surface area contributed by atoms with E-state index in [1.165, 1.54) is 79.0 Å². The average Bonchev–Trinajstić information content (AvgIpc) is 3.96. The minimum absolute atomic E-state index is 0.663. The van der Waals surface area contributed by atoms with Crippen LogP contribution in [-0.2, 0) is 0 Å². The van der Waals surface area contributed by atoms with Crippen LogP contribution in [0.15, 0.2) is 182 Å². The summed E-state index contributed by atoms with van der Waals surface area (Å²) in [5.74, 6) is 2.00. The molecule has 0 bridgehead atoms. The first-order chi connectivity index (χ1) is 28.3. The Kier molecular flexibility index (Phi) is 7.24. The van der Waals surface area contributed by atoms with E-state index >= 15 is 0 Å². The average molecular weight is 763 g/mol. The third kappa shape index (κ3) is 5.08. The maximum Gasteiger partial charge on any atom is 0.164 e. The van der Waals surface area contributed by atoms with Gasteiger partial charge in [0, 0.05) is 67.8 Å². The second-order valence-corrected chi connectivity index (χ2v) is 16.5. The summed E-state index contributed by atoms with van der Waals surface area (Å²) in [4.78, 5) is 15.1. The van der Waals surface area contributed by atoms with Crippen molar-refractivity contribution in [1.82, 2.24) is 19.5 Å². The maximum absolute atomic E-state index is 5.10. The van der Waals surface area contributed by atoms with Gasteiger partial charge in [-0.3, -0.25) is 0 Å². The van der Waals surface area contributed by atoms with Gasteiger partial charge in [-0.25, -0.2) is 15.0 Å². The van der Waals surface area contributed by atoms with E-state index in [2.05, 4.69) is 150 Å². The van der Waals surface area contributed by atoms with Crippen LogP contribution in [0.3, 0.4) is 0 Å². The minimum Gasteiger partial charge on any atom is -0.309 e. The van der Waals surface area contributed by atoms with Gasteiger partial charge >= 0.3 is 0 Å². The molecule has 4 nitrogen and oxygen atoms in total. The first kappa shape index (κ1) is 32.3. The van der Waals surface area contributed by atoms with Gasteiger partial charge in [0.05, 0.1) is 16.7 Å². The van der Waals surface area contributed by atoms with Crippen molar-refractivity contribution in [2.24, 2.45) is 0 Å². The number of fused-ring (bicyclic) bond motifs is 9. The molecule has 0 saturated carbocycles. The monoisotopic (exact) mass is 762 g/mol. The summed E-state index contributed by atoms with van der Waals surface area (Å²) >= 11 is 3.70. The van der Waals surface area contributed by atoms with E-state index in [-0.39, 0.29) is 0 Å². The molecule has 0 N–H and O–H groups in total. The zero-order valence-corrected chi connectivity index (χ0v) is 32.1. The van der Waals surface area contributed by atoms with E-state index in [0.29, 0.717) is 17.5 Å². The standard InChI is InChI=1S/C51H30N4S2/c1-3-14-31(15-4-1)49-52-50(32-16-5-2-6-17-32)54-51(53-49)39-22-12-26-43-46(39)37-29-28-33(30-45(37)56-43)34-20-11-21-38-47-42(25-13-27-44(47)57-48(34)38)55-40-23-9-7-18-35(40)36-19-8-10-24-41(36)55/h1-30H. The largest absolute Gasteiger partial charge is 0.309 e. The predicted octanol–water partition coefficient (Wildman–Crippen LogP) is 14.4. The Bertz CT molecular complexity index is 3410. The lowest BCUT2D eigenvalue weighted by Gasteiger charge is -2.10. The van der Waals surface area contributed by atoms with Gasteiger partial charge in [0.25, 0.3) is 0 Å². The van der Waals surface area contributed by atoms with Gasteiger partial charge in [0.15, 0.2) is 17.5 Å². The Balaban J connectivity index is 1.02. The van der Waals surface area contributed by atoms with E-state index in [1.807, 2.05) is 59.1 Å². The first-order valence-corrected chi connectivity index (χ1v) is 20.7. The molecule has 0 fully saturated rings. The van der Waals surface area contributed by atoms with Crippen LogP contribution in [0.2, 0.25) is 0 Å². The van der Waals surface area contributed by atoms with E-state index in [1.54, 1.807) is 0 Å². The molecular formula is C51H30N4S2. The number of rotatable bonds is 5. The molecule has 12 rings (SSSR count). The molecule has 57 heavy (non-hydrogen) atoms. The minimum atomic E-state index is 0.663. The van der Waals surface area contributed by atoms with Crippen molar-refractivity contribution in [2.45, 2.75) is 0 Å². The van der Waals surface area contributed by atoms with Crippen molar-refractivity contribution in [3.8, 4) is 51.0 Å². The molecule has 0 spiro atoms. The van der Waals surface area contributed by atoms with Crippen LogP contribution in [0.1, 0.15) is 0 Å². The lowest BCUT2D eigenvalue weighted by molar-refractivity contribution is 1.08. The lowest BCUT2D eigenvalue weighted by Crippen LogP contribution is -2.00. The number of nitrogens with zero attached hydrogens (tertiary/aromatic N) is 4. The van der Waals surface area contributed by atoms with E-state index in [0.717, 1.165) is 16.7 Å². The van der Waals surface area contributed by atoms with Crippen LogP contribution >= 0.6 is 22.7 Å². The van der Waals surface area contributed by atoms with E-state index < -0.39 is 0 Å². The Morgan fingerprint density at radius 3 is 1.61 bits per heavy atom. The van der Waals surface area contributed by atoms with E-state index in [4.69, 9.17) is 15.0 Å². The first-order valence-electron chi connectivity index (χ1n) is 19.0. The molecule has 0 atom stereocenters. The Labute approximate surface area is 335 Å². The highest BCUT2D eigenvalue weighted by Gasteiger charge is 2.20. The highest BCUT2D eigenvalue weighted by atomic mass is 32.1. The van der Waals surface area contributed by atoms with Crippen molar-refractivity contribution in [2.75, 3.05) is 0 Å². The fourth-order valence-electron chi connectivity index (χ4n) is 8.53. The molecule has 0 unspecified atom stereocenters. The Morgan fingerprint density at radius 1 is 0.351 bits per heavy atom. The molecule has 6 heteroatoms. The highest BCUT2D eigenvalue weighted by Crippen LogP contribution is 2.46. The Morgan fingerprint density at radius 2 is 0.912 bits per heavy atom. The molecular weight excluding hydrogens is 733 g/mol. The van der Waals surface area contributed by atoms with Gasteiger partial charge in [0.1, 0.15) is 0 Å². The highest BCUT2D eigenvalue weighted by molar-refractivity contribution is 7.26. The second-order valence-electron chi connectivity index (χ2n) is 14.3. The SMILES string of the molecule is c1ccc(-c2nc(-c3ccccc3)nc(-c3cccc4sc5cc(-c6cccc7c6sc6cccc(-n8c9ccccc9c9ccccc98)c67)ccc5c34)n2)cc1. The molecule has 4 aromatic heterocycles. The van der Waals surface area contributed by atoms with Crippen molar-refractivity contribution in [1.29, 1.82) is 0 Å². The third-order valence-electron chi connectivity index (χ3n) is 11.1. The van der Waals surface area contributed by atoms with Crippen LogP contribution in [0.25, 0.3) is 113 Å². The molecule has 0 aliphatic rings. The number of para-hydroxylation sites is 2. The van der Waals surface area contributed by atoms with Gasteiger partial charge < -0.3 is 4.57 Å². The van der Waals surface area contributed by atoms with Crippen molar-refractivity contribution >= 4 is 84.8 Å². The smallest absolute Gasteiger partial charge is 0.164 e. The maximum atomic E-state index is 5.10. The molecule has 0 aliphatic carbocycles. The second kappa shape index (κ2) is 12.8. The van der Waals surface area contributed by atoms with Gasteiger partial charge in [-0.05, 0) is 47.5 Å². The summed E-state index contributed by atoms with van der Waals surface area (Å²) in [5, 5.41) is 7.49. The van der Waals surface area contributed by atoms with Crippen LogP contribution in [-0.4, -0.2) is 19.5 Å². The molecule has 0 radical (unpaired) electrons. The zero-order valence-electron chi connectivity index (χ0n) is 30.4. The summed E-state index contributed by atoms with van der Waals surface area (Å²) in [6, 6.07) is 64.8. The topological polar surface area (TPSA) is 43.6 Å². The number of hydrogen-bond acceptors (Lipinski definition) is 5. The number of aromatic nitrogens is 4. The van der Waals surface area contributed by atoms with Gasteiger partial charge in [-0.2, -0.15) is 0 Å². The zero-order chi connectivity index (χ0) is 37.5. The number of benzene rings is 8. The van der Waals surface area contributed by atoms with E-state index in [9.17, 15) is 0 Å². The van der Waals surface area contributed by atoms with Crippen LogP contribution in [0, 0.1) is 0 Å². The number of thiophene rings is 2. The molecule has 0 saturated heterocycles. The normalized spacial score (nSPS) is 11.9. The molecule has 12 aromatic rings. The molecule has 8 aromatic carbocycles. The number of hydrogen-bond donors (Lipinski definition) is 0. The third-order valence-corrected chi connectivity index (χ3v) is 13.4. The van der Waals surface area contributed by atoms with Crippen molar-refractivity contribution < 1.29 is 0 Å². The Hall–Kier alpha value is -6.99. The fourth-order valence-corrected chi connectivity index (χ4v) is 11.0. The summed E-state index contributed by atoms with van der Waals surface area (Å²) in [7, 11) is 0.